The van der Waals surface area contributed by atoms with Crippen LogP contribution in [0.4, 0.5) is 0 Å². The number of aliphatic hydroxyl groups excluding tert-OH is 2. The number of carboxylic acids is 1. The Labute approximate surface area is 113 Å². The van der Waals surface area contributed by atoms with E-state index in [0.29, 0.717) is 12.6 Å². The summed E-state index contributed by atoms with van der Waals surface area (Å²) in [6, 6.07) is 0.0469. The van der Waals surface area contributed by atoms with E-state index in [9.17, 15) is 15.0 Å². The number of likely N-dealkylation sites (tertiary alicyclic amines) is 2. The van der Waals surface area contributed by atoms with E-state index in [1.165, 1.54) is 0 Å². The van der Waals surface area contributed by atoms with E-state index in [4.69, 9.17) is 5.11 Å². The van der Waals surface area contributed by atoms with Crippen LogP contribution < -0.4 is 0 Å². The summed E-state index contributed by atoms with van der Waals surface area (Å²) in [6.07, 6.45) is 2.96. The Morgan fingerprint density at radius 1 is 1.21 bits per heavy atom. The Balaban J connectivity index is 1.81. The summed E-state index contributed by atoms with van der Waals surface area (Å²) < 4.78 is 0. The average Bonchev–Trinajstić information content (AvgIpc) is 2.89. The van der Waals surface area contributed by atoms with Crippen molar-refractivity contribution in [1.29, 1.82) is 0 Å². The quantitative estimate of drug-likeness (QED) is 0.617. The molecule has 2 aliphatic rings. The lowest BCUT2D eigenvalue weighted by atomic mass is 10.0. The van der Waals surface area contributed by atoms with E-state index in [1.54, 1.807) is 0 Å². The highest BCUT2D eigenvalue weighted by molar-refractivity contribution is 5.73. The number of rotatable bonds is 5. The number of carbonyl (C=O) groups is 1. The molecular weight excluding hydrogens is 248 g/mol. The molecule has 2 unspecified atom stereocenters. The molecule has 19 heavy (non-hydrogen) atoms. The van der Waals surface area contributed by atoms with Crippen LogP contribution in [0.25, 0.3) is 0 Å². The lowest BCUT2D eigenvalue weighted by Crippen LogP contribution is -2.50. The summed E-state index contributed by atoms with van der Waals surface area (Å²) in [4.78, 5) is 15.5. The number of hydrogen-bond acceptors (Lipinski definition) is 5. The second-order valence-corrected chi connectivity index (χ2v) is 5.60. The van der Waals surface area contributed by atoms with Crippen LogP contribution in [0.2, 0.25) is 0 Å². The van der Waals surface area contributed by atoms with Gasteiger partial charge in [0, 0.05) is 12.6 Å². The van der Waals surface area contributed by atoms with Crippen LogP contribution >= 0.6 is 0 Å². The molecule has 2 heterocycles. The van der Waals surface area contributed by atoms with Crippen LogP contribution in [-0.2, 0) is 4.79 Å². The van der Waals surface area contributed by atoms with Gasteiger partial charge in [-0.2, -0.15) is 0 Å². The maximum atomic E-state index is 11.2. The molecule has 0 aromatic heterocycles. The predicted octanol–water partition coefficient (Wildman–Crippen LogP) is -0.647. The average molecular weight is 272 g/mol. The fourth-order valence-corrected chi connectivity index (χ4v) is 3.28. The summed E-state index contributed by atoms with van der Waals surface area (Å²) in [5, 5.41) is 27.5. The molecule has 6 heteroatoms. The van der Waals surface area contributed by atoms with E-state index in [0.717, 1.165) is 45.3 Å². The minimum Gasteiger partial charge on any atom is -0.480 e. The van der Waals surface area contributed by atoms with Gasteiger partial charge in [0.2, 0.25) is 0 Å². The van der Waals surface area contributed by atoms with Gasteiger partial charge in [-0.1, -0.05) is 0 Å². The zero-order valence-corrected chi connectivity index (χ0v) is 11.2. The first-order valence-electron chi connectivity index (χ1n) is 7.11. The van der Waals surface area contributed by atoms with Crippen LogP contribution in [0.3, 0.4) is 0 Å². The molecule has 6 nitrogen and oxygen atoms in total. The van der Waals surface area contributed by atoms with Gasteiger partial charge >= 0.3 is 5.97 Å². The Morgan fingerprint density at radius 3 is 2.47 bits per heavy atom. The second-order valence-electron chi connectivity index (χ2n) is 5.60. The molecule has 0 aromatic carbocycles. The molecule has 2 aliphatic heterocycles. The van der Waals surface area contributed by atoms with Crippen LogP contribution in [0.5, 0.6) is 0 Å². The zero-order valence-electron chi connectivity index (χ0n) is 11.2. The van der Waals surface area contributed by atoms with Gasteiger partial charge in [-0.25, -0.2) is 0 Å². The molecule has 2 saturated heterocycles. The monoisotopic (exact) mass is 272 g/mol. The number of hydrogen-bond donors (Lipinski definition) is 3. The predicted molar refractivity (Wildman–Crippen MR) is 69.9 cm³/mol. The summed E-state index contributed by atoms with van der Waals surface area (Å²) >= 11 is 0. The largest absolute Gasteiger partial charge is 0.480 e. The van der Waals surface area contributed by atoms with Crippen molar-refractivity contribution in [2.75, 3.05) is 32.8 Å². The molecular formula is C13H24N2O4. The summed E-state index contributed by atoms with van der Waals surface area (Å²) in [7, 11) is 0. The van der Waals surface area contributed by atoms with E-state index < -0.39 is 12.1 Å². The second kappa shape index (κ2) is 6.65. The van der Waals surface area contributed by atoms with Crippen LogP contribution in [-0.4, -0.2) is 82.1 Å². The molecule has 2 fully saturated rings. The van der Waals surface area contributed by atoms with E-state index >= 15 is 0 Å². The van der Waals surface area contributed by atoms with Gasteiger partial charge in [-0.15, -0.1) is 0 Å². The van der Waals surface area contributed by atoms with Crippen molar-refractivity contribution in [2.45, 2.75) is 43.9 Å². The van der Waals surface area contributed by atoms with E-state index in [2.05, 4.69) is 9.80 Å². The Hall–Kier alpha value is -0.690. The van der Waals surface area contributed by atoms with Gasteiger partial charge in [0.25, 0.3) is 0 Å². The van der Waals surface area contributed by atoms with Crippen LogP contribution in [0.1, 0.15) is 25.7 Å². The summed E-state index contributed by atoms with van der Waals surface area (Å²) in [5.74, 6) is -0.698. The SMILES string of the molecule is O=C(O)C1CCCN1C1CCN(CC(O)CO)CC1. The number of aliphatic carboxylic acids is 1. The highest BCUT2D eigenvalue weighted by Gasteiger charge is 2.36. The van der Waals surface area contributed by atoms with Gasteiger partial charge in [-0.3, -0.25) is 9.69 Å². The first kappa shape index (κ1) is 14.7. The van der Waals surface area contributed by atoms with Crippen molar-refractivity contribution in [2.24, 2.45) is 0 Å². The van der Waals surface area contributed by atoms with Crippen molar-refractivity contribution in [1.82, 2.24) is 9.80 Å². The molecule has 0 saturated carbocycles. The summed E-state index contributed by atoms with van der Waals surface area (Å²) in [6.45, 7) is 2.93. The third-order valence-corrected chi connectivity index (χ3v) is 4.29. The van der Waals surface area contributed by atoms with Crippen LogP contribution in [0, 0.1) is 0 Å². The number of aliphatic hydroxyl groups is 2. The third kappa shape index (κ3) is 3.66. The number of piperidine rings is 1. The normalized spacial score (nSPS) is 28.6. The maximum absolute atomic E-state index is 11.2. The number of β-amino-alcohol motifs (C(OH)–C–C–N with tert-alkyl or cyclic N) is 1. The minimum absolute atomic E-state index is 0.201. The molecule has 0 aromatic rings. The summed E-state index contributed by atoms with van der Waals surface area (Å²) in [5.41, 5.74) is 0. The first-order valence-corrected chi connectivity index (χ1v) is 7.11. The highest BCUT2D eigenvalue weighted by Crippen LogP contribution is 2.26. The molecule has 110 valence electrons. The molecule has 2 rings (SSSR count). The van der Waals surface area contributed by atoms with E-state index in [1.807, 2.05) is 0 Å². The number of carboxylic acid groups (broad SMARTS) is 1. The molecule has 2 atom stereocenters. The van der Waals surface area contributed by atoms with Gasteiger partial charge in [0.1, 0.15) is 6.04 Å². The maximum Gasteiger partial charge on any atom is 0.320 e. The Morgan fingerprint density at radius 2 is 1.89 bits per heavy atom. The van der Waals surface area contributed by atoms with Crippen molar-refractivity contribution in [3.63, 3.8) is 0 Å². The standard InChI is InChI=1S/C13H24N2O4/c16-9-11(17)8-14-6-3-10(4-7-14)15-5-1-2-12(15)13(18)19/h10-12,16-17H,1-9H2,(H,18,19). The smallest absolute Gasteiger partial charge is 0.320 e. The van der Waals surface area contributed by atoms with Crippen molar-refractivity contribution < 1.29 is 20.1 Å². The van der Waals surface area contributed by atoms with Crippen LogP contribution in [0.15, 0.2) is 0 Å². The van der Waals surface area contributed by atoms with E-state index in [-0.39, 0.29) is 12.6 Å². The molecule has 3 N–H and O–H groups in total. The minimum atomic E-state index is -0.698. The van der Waals surface area contributed by atoms with Gasteiger partial charge < -0.3 is 20.2 Å². The lowest BCUT2D eigenvalue weighted by molar-refractivity contribution is -0.143. The number of nitrogens with zero attached hydrogens (tertiary/aromatic N) is 2. The third-order valence-electron chi connectivity index (χ3n) is 4.29. The molecule has 0 amide bonds. The fourth-order valence-electron chi connectivity index (χ4n) is 3.28. The Kier molecular flexibility index (Phi) is 5.15. The first-order chi connectivity index (χ1) is 9.11. The van der Waals surface area contributed by atoms with Crippen molar-refractivity contribution in [3.05, 3.63) is 0 Å². The van der Waals surface area contributed by atoms with Gasteiger partial charge in [-0.05, 0) is 45.3 Å². The van der Waals surface area contributed by atoms with Crippen molar-refractivity contribution >= 4 is 5.97 Å². The fraction of sp³-hybridized carbons (Fsp3) is 0.923. The topological polar surface area (TPSA) is 84.2 Å². The highest BCUT2D eigenvalue weighted by atomic mass is 16.4. The molecule has 0 spiro atoms. The molecule has 0 radical (unpaired) electrons. The zero-order chi connectivity index (χ0) is 13.8. The lowest BCUT2D eigenvalue weighted by Gasteiger charge is -2.38. The van der Waals surface area contributed by atoms with Gasteiger partial charge in [0.05, 0.1) is 12.7 Å². The van der Waals surface area contributed by atoms with Crippen molar-refractivity contribution in [3.8, 4) is 0 Å². The Bertz CT molecular complexity index is 305. The molecule has 0 aliphatic carbocycles. The van der Waals surface area contributed by atoms with Gasteiger partial charge in [0.15, 0.2) is 0 Å². The molecule has 0 bridgehead atoms.